The molecule has 2 atom stereocenters. The SMILES string of the molecule is COCC(C)(C)C(=O)n1nc(C2CN(C(=O)N3CCOCC3)CCC2C)cc1OCc1ccc(C(=N)N)cc1. The van der Waals surface area contributed by atoms with Gasteiger partial charge in [-0.1, -0.05) is 31.2 Å². The number of amidine groups is 1. The van der Waals surface area contributed by atoms with Gasteiger partial charge in [0, 0.05) is 50.8 Å². The molecule has 2 aromatic rings. The molecule has 3 heterocycles. The van der Waals surface area contributed by atoms with E-state index < -0.39 is 5.41 Å². The molecule has 2 amide bonds. The van der Waals surface area contributed by atoms with Gasteiger partial charge in [-0.05, 0) is 31.7 Å². The van der Waals surface area contributed by atoms with Gasteiger partial charge < -0.3 is 29.7 Å². The number of nitrogens with two attached hydrogens (primary N) is 1. The number of methoxy groups -OCH3 is 1. The number of likely N-dealkylation sites (tertiary alicyclic amines) is 1. The van der Waals surface area contributed by atoms with Gasteiger partial charge >= 0.3 is 6.03 Å². The van der Waals surface area contributed by atoms with Gasteiger partial charge in [0.2, 0.25) is 5.88 Å². The lowest BCUT2D eigenvalue weighted by molar-refractivity contribution is 0.0388. The Labute approximate surface area is 229 Å². The molecule has 0 aliphatic carbocycles. The third-order valence-corrected chi connectivity index (χ3v) is 7.51. The number of hydrogen-bond donors (Lipinski definition) is 2. The molecule has 0 saturated carbocycles. The summed E-state index contributed by atoms with van der Waals surface area (Å²) in [4.78, 5) is 30.5. The fourth-order valence-electron chi connectivity index (χ4n) is 5.04. The Bertz CT molecular complexity index is 1170. The molecule has 11 nitrogen and oxygen atoms in total. The summed E-state index contributed by atoms with van der Waals surface area (Å²) >= 11 is 0. The zero-order valence-corrected chi connectivity index (χ0v) is 23.3. The predicted molar refractivity (Wildman–Crippen MR) is 146 cm³/mol. The first-order valence-electron chi connectivity index (χ1n) is 13.4. The number of rotatable bonds is 8. The number of carbonyl (C=O) groups is 2. The maximum Gasteiger partial charge on any atom is 0.320 e. The topological polar surface area (TPSA) is 136 Å². The lowest BCUT2D eigenvalue weighted by Gasteiger charge is -2.39. The highest BCUT2D eigenvalue weighted by Crippen LogP contribution is 2.35. The standard InChI is InChI=1S/C28H40N6O5/c1-19-9-10-33(27(36)32-11-13-38-14-12-32)16-22(19)23-15-24(34(31-23)26(35)28(2,3)18-37-4)39-17-20-5-7-21(8-6-20)25(29)30/h5-8,15,19,22H,9-14,16-18H2,1-4H3,(H3,29,30). The van der Waals surface area contributed by atoms with Crippen LogP contribution < -0.4 is 10.5 Å². The molecule has 39 heavy (non-hydrogen) atoms. The van der Waals surface area contributed by atoms with E-state index in [1.807, 2.05) is 41.8 Å². The summed E-state index contributed by atoms with van der Waals surface area (Å²) in [6.07, 6.45) is 0.843. The minimum absolute atomic E-state index is 0.00101. The van der Waals surface area contributed by atoms with Crippen LogP contribution in [0.3, 0.4) is 0 Å². The Balaban J connectivity index is 1.58. The molecule has 2 saturated heterocycles. The van der Waals surface area contributed by atoms with Crippen molar-refractivity contribution >= 4 is 17.8 Å². The highest BCUT2D eigenvalue weighted by atomic mass is 16.5. The quantitative estimate of drug-likeness (QED) is 0.388. The molecule has 0 radical (unpaired) electrons. The fourth-order valence-corrected chi connectivity index (χ4v) is 5.04. The Morgan fingerprint density at radius 1 is 1.15 bits per heavy atom. The number of nitrogen functional groups attached to an aromatic ring is 1. The molecule has 1 aromatic carbocycles. The summed E-state index contributed by atoms with van der Waals surface area (Å²) in [6, 6.07) is 9.06. The van der Waals surface area contributed by atoms with Gasteiger partial charge in [-0.15, -0.1) is 0 Å². The number of amides is 2. The van der Waals surface area contributed by atoms with Crippen molar-refractivity contribution in [3.63, 3.8) is 0 Å². The summed E-state index contributed by atoms with van der Waals surface area (Å²) < 4.78 is 18.2. The van der Waals surface area contributed by atoms with Crippen LogP contribution in [0.2, 0.25) is 0 Å². The summed E-state index contributed by atoms with van der Waals surface area (Å²) in [7, 11) is 1.56. The lowest BCUT2D eigenvalue weighted by atomic mass is 9.85. The first kappa shape index (κ1) is 28.6. The van der Waals surface area contributed by atoms with Gasteiger partial charge in [-0.3, -0.25) is 10.2 Å². The van der Waals surface area contributed by atoms with Crippen LogP contribution in [0.5, 0.6) is 5.88 Å². The smallest absolute Gasteiger partial charge is 0.320 e. The molecule has 11 heteroatoms. The van der Waals surface area contributed by atoms with Crippen molar-refractivity contribution in [3.8, 4) is 5.88 Å². The van der Waals surface area contributed by atoms with Gasteiger partial charge in [0.05, 0.1) is 30.9 Å². The summed E-state index contributed by atoms with van der Waals surface area (Å²) in [5.41, 5.74) is 6.96. The van der Waals surface area contributed by atoms with Crippen molar-refractivity contribution in [2.45, 2.75) is 39.7 Å². The van der Waals surface area contributed by atoms with E-state index in [-0.39, 0.29) is 42.8 Å². The number of aromatic nitrogens is 2. The maximum atomic E-state index is 13.6. The molecule has 3 N–H and O–H groups in total. The second kappa shape index (κ2) is 12.2. The predicted octanol–water partition coefficient (Wildman–Crippen LogP) is 2.94. The number of carbonyl (C=O) groups excluding carboxylic acids is 2. The Morgan fingerprint density at radius 2 is 1.85 bits per heavy atom. The highest BCUT2D eigenvalue weighted by Gasteiger charge is 2.37. The number of ether oxygens (including phenoxy) is 3. The zero-order valence-electron chi connectivity index (χ0n) is 23.3. The monoisotopic (exact) mass is 540 g/mol. The van der Waals surface area contributed by atoms with Crippen molar-refractivity contribution in [2.75, 3.05) is 53.1 Å². The number of benzene rings is 1. The van der Waals surface area contributed by atoms with Gasteiger partial charge in [0.1, 0.15) is 12.4 Å². The van der Waals surface area contributed by atoms with Crippen LogP contribution in [0.25, 0.3) is 0 Å². The Kier molecular flexibility index (Phi) is 8.91. The van der Waals surface area contributed by atoms with Crippen molar-refractivity contribution < 1.29 is 23.8 Å². The van der Waals surface area contributed by atoms with E-state index in [0.717, 1.165) is 17.7 Å². The average molecular weight is 541 g/mol. The van der Waals surface area contributed by atoms with Crippen LogP contribution in [-0.2, 0) is 16.1 Å². The number of urea groups is 1. The van der Waals surface area contributed by atoms with Crippen LogP contribution in [0.4, 0.5) is 4.79 Å². The van der Waals surface area contributed by atoms with Gasteiger partial charge in [0.25, 0.3) is 5.91 Å². The maximum absolute atomic E-state index is 13.6. The van der Waals surface area contributed by atoms with Crippen LogP contribution in [0.1, 0.15) is 54.7 Å². The molecular weight excluding hydrogens is 500 g/mol. The van der Waals surface area contributed by atoms with Crippen LogP contribution in [-0.4, -0.2) is 90.5 Å². The largest absolute Gasteiger partial charge is 0.473 e. The van der Waals surface area contributed by atoms with Gasteiger partial charge in [-0.2, -0.15) is 9.78 Å². The second-order valence-electron chi connectivity index (χ2n) is 11.0. The van der Waals surface area contributed by atoms with E-state index in [1.54, 1.807) is 19.2 Å². The number of piperidine rings is 1. The third kappa shape index (κ3) is 6.59. The lowest BCUT2D eigenvalue weighted by Crippen LogP contribution is -2.51. The molecule has 2 unspecified atom stereocenters. The molecule has 0 bridgehead atoms. The van der Waals surface area contributed by atoms with E-state index in [1.165, 1.54) is 4.68 Å². The second-order valence-corrected chi connectivity index (χ2v) is 11.0. The molecule has 212 valence electrons. The van der Waals surface area contributed by atoms with E-state index in [2.05, 4.69) is 6.92 Å². The normalized spacial score (nSPS) is 20.1. The molecule has 4 rings (SSSR count). The minimum atomic E-state index is -0.824. The van der Waals surface area contributed by atoms with Crippen LogP contribution >= 0.6 is 0 Å². The Hall–Kier alpha value is -3.44. The molecule has 2 aliphatic heterocycles. The van der Waals surface area contributed by atoms with Crippen LogP contribution in [0.15, 0.2) is 30.3 Å². The Morgan fingerprint density at radius 3 is 2.49 bits per heavy atom. The fraction of sp³-hybridized carbons (Fsp3) is 0.571. The highest BCUT2D eigenvalue weighted by molar-refractivity contribution is 5.94. The number of nitrogens with one attached hydrogen (secondary N) is 1. The molecule has 0 spiro atoms. The number of hydrogen-bond acceptors (Lipinski definition) is 7. The summed E-state index contributed by atoms with van der Waals surface area (Å²) in [5.74, 6) is 0.344. The van der Waals surface area contributed by atoms with Crippen molar-refractivity contribution in [2.24, 2.45) is 17.1 Å². The van der Waals surface area contributed by atoms with Crippen molar-refractivity contribution in [1.82, 2.24) is 19.6 Å². The van der Waals surface area contributed by atoms with Crippen LogP contribution in [0, 0.1) is 16.7 Å². The zero-order chi connectivity index (χ0) is 28.2. The van der Waals surface area contributed by atoms with Crippen molar-refractivity contribution in [1.29, 1.82) is 5.41 Å². The minimum Gasteiger partial charge on any atom is -0.473 e. The van der Waals surface area contributed by atoms with Gasteiger partial charge in [0.15, 0.2) is 0 Å². The van der Waals surface area contributed by atoms with E-state index in [9.17, 15) is 9.59 Å². The van der Waals surface area contributed by atoms with E-state index >= 15 is 0 Å². The number of morpholine rings is 1. The van der Waals surface area contributed by atoms with E-state index in [4.69, 9.17) is 30.5 Å². The van der Waals surface area contributed by atoms with Gasteiger partial charge in [-0.25, -0.2) is 4.79 Å². The summed E-state index contributed by atoms with van der Waals surface area (Å²) in [5, 5.41) is 12.3. The van der Waals surface area contributed by atoms with Crippen molar-refractivity contribution in [3.05, 3.63) is 47.2 Å². The molecule has 1 aromatic heterocycles. The first-order valence-corrected chi connectivity index (χ1v) is 13.4. The van der Waals surface area contributed by atoms with E-state index in [0.29, 0.717) is 50.8 Å². The molecular formula is C28H40N6O5. The average Bonchev–Trinajstić information content (AvgIpc) is 3.35. The third-order valence-electron chi connectivity index (χ3n) is 7.51. The summed E-state index contributed by atoms with van der Waals surface area (Å²) in [6.45, 7) is 9.75. The molecule has 2 fully saturated rings. The molecule has 2 aliphatic rings. The first-order chi connectivity index (χ1) is 18.6. The number of nitrogens with zero attached hydrogens (tertiary/aromatic N) is 4.